The topological polar surface area (TPSA) is 49.7 Å². The Morgan fingerprint density at radius 3 is 2.40 bits per heavy atom. The number of halogens is 3. The highest BCUT2D eigenvalue weighted by molar-refractivity contribution is 5.98. The Morgan fingerprint density at radius 1 is 1.10 bits per heavy atom. The molecule has 0 spiro atoms. The standard InChI is InChI=1S/C13H19F3O3Si/c14-13(15,16)11-7-4-6-10(9-11)5-2-1-3-8-12(17,18)19-20/h4,6-7,9,17-18H,1-3,5,8H2,20H3. The monoisotopic (exact) mass is 308 g/mol. The molecule has 0 aliphatic heterocycles. The quantitative estimate of drug-likeness (QED) is 0.458. The third-order valence-electron chi connectivity index (χ3n) is 3.05. The zero-order valence-corrected chi connectivity index (χ0v) is 13.3. The number of benzene rings is 1. The van der Waals surface area contributed by atoms with Crippen molar-refractivity contribution < 1.29 is 27.8 Å². The number of hydrogen-bond acceptors (Lipinski definition) is 3. The number of rotatable bonds is 7. The van der Waals surface area contributed by atoms with Gasteiger partial charge in [0.25, 0.3) is 5.97 Å². The molecule has 1 aromatic carbocycles. The van der Waals surface area contributed by atoms with Gasteiger partial charge in [0.1, 0.15) is 0 Å². The van der Waals surface area contributed by atoms with Crippen LogP contribution in [-0.4, -0.2) is 26.7 Å². The number of aliphatic hydroxyl groups is 2. The lowest BCUT2D eigenvalue weighted by Crippen LogP contribution is -2.30. The minimum absolute atomic E-state index is 0.110. The van der Waals surface area contributed by atoms with E-state index in [-0.39, 0.29) is 16.9 Å². The van der Waals surface area contributed by atoms with Crippen LogP contribution in [0, 0.1) is 0 Å². The molecule has 0 saturated heterocycles. The van der Waals surface area contributed by atoms with Gasteiger partial charge < -0.3 is 14.6 Å². The first-order valence-electron chi connectivity index (χ1n) is 6.41. The van der Waals surface area contributed by atoms with Crippen molar-refractivity contribution in [3.8, 4) is 0 Å². The van der Waals surface area contributed by atoms with E-state index in [0.717, 1.165) is 12.1 Å². The van der Waals surface area contributed by atoms with E-state index in [9.17, 15) is 23.4 Å². The molecule has 0 heterocycles. The molecule has 2 N–H and O–H groups in total. The molecule has 114 valence electrons. The maximum atomic E-state index is 12.5. The van der Waals surface area contributed by atoms with Gasteiger partial charge >= 0.3 is 6.18 Å². The first kappa shape index (κ1) is 17.2. The molecule has 0 unspecified atom stereocenters. The zero-order chi connectivity index (χ0) is 15.2. The van der Waals surface area contributed by atoms with Crippen LogP contribution in [0.5, 0.6) is 0 Å². The van der Waals surface area contributed by atoms with E-state index in [1.807, 2.05) is 0 Å². The summed E-state index contributed by atoms with van der Waals surface area (Å²) in [7, 11) is 0.234. The highest BCUT2D eigenvalue weighted by Gasteiger charge is 2.30. The van der Waals surface area contributed by atoms with Gasteiger partial charge in [-0.25, -0.2) is 0 Å². The Morgan fingerprint density at radius 2 is 1.80 bits per heavy atom. The van der Waals surface area contributed by atoms with Gasteiger partial charge in [0, 0.05) is 6.42 Å². The Kier molecular flexibility index (Phi) is 6.19. The minimum atomic E-state index is -4.31. The van der Waals surface area contributed by atoms with Crippen molar-refractivity contribution in [3.05, 3.63) is 35.4 Å². The third kappa shape index (κ3) is 6.04. The van der Waals surface area contributed by atoms with Crippen LogP contribution in [0.25, 0.3) is 0 Å². The van der Waals surface area contributed by atoms with E-state index < -0.39 is 17.7 Å². The lowest BCUT2D eigenvalue weighted by Gasteiger charge is -2.19. The molecule has 0 atom stereocenters. The van der Waals surface area contributed by atoms with Crippen LogP contribution in [0.1, 0.15) is 36.8 Å². The first-order valence-corrected chi connectivity index (χ1v) is 7.22. The predicted octanol–water partition coefficient (Wildman–Crippen LogP) is 1.74. The summed E-state index contributed by atoms with van der Waals surface area (Å²) >= 11 is 0. The van der Waals surface area contributed by atoms with Crippen molar-refractivity contribution in [1.82, 2.24) is 0 Å². The molecule has 0 aliphatic rings. The molecule has 7 heteroatoms. The van der Waals surface area contributed by atoms with Crippen LogP contribution in [0.4, 0.5) is 13.2 Å². The SMILES string of the molecule is OC(O)(CCCCCc1cccc(C(F)(F)F)c1)O[SiH3]. The number of hydrogen-bond donors (Lipinski definition) is 2. The van der Waals surface area contributed by atoms with Crippen LogP contribution in [-0.2, 0) is 17.0 Å². The predicted molar refractivity (Wildman–Crippen MR) is 71.8 cm³/mol. The summed E-state index contributed by atoms with van der Waals surface area (Å²) in [6.45, 7) is 0. The van der Waals surface area contributed by atoms with Gasteiger partial charge in [-0.15, -0.1) is 0 Å². The fourth-order valence-corrected chi connectivity index (χ4v) is 2.07. The van der Waals surface area contributed by atoms with E-state index in [4.69, 9.17) is 0 Å². The molecule has 0 fully saturated rings. The average molecular weight is 308 g/mol. The summed E-state index contributed by atoms with van der Waals surface area (Å²) in [6.07, 6.45) is -1.73. The first-order chi connectivity index (χ1) is 9.24. The van der Waals surface area contributed by atoms with Gasteiger partial charge in [0.05, 0.1) is 5.56 Å². The maximum Gasteiger partial charge on any atom is 0.416 e. The van der Waals surface area contributed by atoms with E-state index in [2.05, 4.69) is 4.43 Å². The third-order valence-corrected chi connectivity index (χ3v) is 3.70. The largest absolute Gasteiger partial charge is 0.416 e. The van der Waals surface area contributed by atoms with E-state index in [0.29, 0.717) is 31.2 Å². The van der Waals surface area contributed by atoms with Crippen molar-refractivity contribution in [1.29, 1.82) is 0 Å². The molecule has 1 aromatic rings. The highest BCUT2D eigenvalue weighted by atomic mass is 28.2. The fraction of sp³-hybridized carbons (Fsp3) is 0.538. The Labute approximate surface area is 118 Å². The van der Waals surface area contributed by atoms with Crippen molar-refractivity contribution in [2.45, 2.75) is 44.3 Å². The number of alkyl halides is 3. The summed E-state index contributed by atoms with van der Waals surface area (Å²) < 4.78 is 42.1. The highest BCUT2D eigenvalue weighted by Crippen LogP contribution is 2.29. The number of unbranched alkanes of at least 4 members (excludes halogenated alkanes) is 2. The Hall–Kier alpha value is -0.893. The molecule has 0 aliphatic carbocycles. The molecule has 0 radical (unpaired) electrons. The molecule has 1 rings (SSSR count). The number of aryl methyl sites for hydroxylation is 1. The summed E-state index contributed by atoms with van der Waals surface area (Å²) in [4.78, 5) is 0. The lowest BCUT2D eigenvalue weighted by atomic mass is 10.0. The van der Waals surface area contributed by atoms with Gasteiger partial charge in [0.2, 0.25) is 0 Å². The van der Waals surface area contributed by atoms with Crippen molar-refractivity contribution in [2.75, 3.05) is 0 Å². The van der Waals surface area contributed by atoms with E-state index in [1.165, 1.54) is 6.07 Å². The van der Waals surface area contributed by atoms with Crippen molar-refractivity contribution in [3.63, 3.8) is 0 Å². The maximum absolute atomic E-state index is 12.5. The molecule has 3 nitrogen and oxygen atoms in total. The molecule has 0 amide bonds. The molecular formula is C13H19F3O3Si. The molecular weight excluding hydrogens is 289 g/mol. The Bertz CT molecular complexity index is 422. The second kappa shape index (κ2) is 7.21. The molecule has 0 aromatic heterocycles. The van der Waals surface area contributed by atoms with Gasteiger partial charge in [-0.1, -0.05) is 24.6 Å². The van der Waals surface area contributed by atoms with Crippen molar-refractivity contribution in [2.24, 2.45) is 0 Å². The zero-order valence-electron chi connectivity index (χ0n) is 11.3. The summed E-state index contributed by atoms with van der Waals surface area (Å²) in [5, 5.41) is 18.4. The normalized spacial score (nSPS) is 12.8. The van der Waals surface area contributed by atoms with E-state index >= 15 is 0 Å². The van der Waals surface area contributed by atoms with Crippen LogP contribution in [0.3, 0.4) is 0 Å². The molecule has 20 heavy (non-hydrogen) atoms. The van der Waals surface area contributed by atoms with Crippen LogP contribution in [0.2, 0.25) is 0 Å². The molecule has 0 bridgehead atoms. The average Bonchev–Trinajstić information content (AvgIpc) is 2.37. The minimum Gasteiger partial charge on any atom is -0.381 e. The van der Waals surface area contributed by atoms with Gasteiger partial charge in [-0.3, -0.25) is 0 Å². The second-order valence-corrected chi connectivity index (χ2v) is 5.11. The second-order valence-electron chi connectivity index (χ2n) is 4.71. The summed E-state index contributed by atoms with van der Waals surface area (Å²) in [5.74, 6) is -2.05. The lowest BCUT2D eigenvalue weighted by molar-refractivity contribution is -0.295. The van der Waals surface area contributed by atoms with Crippen LogP contribution < -0.4 is 0 Å². The van der Waals surface area contributed by atoms with Gasteiger partial charge in [0.15, 0.2) is 10.5 Å². The van der Waals surface area contributed by atoms with Crippen LogP contribution >= 0.6 is 0 Å². The van der Waals surface area contributed by atoms with Crippen LogP contribution in [0.15, 0.2) is 24.3 Å². The summed E-state index contributed by atoms with van der Waals surface area (Å²) in [5.41, 5.74) is 0.00214. The molecule has 0 saturated carbocycles. The Balaban J connectivity index is 2.36. The van der Waals surface area contributed by atoms with E-state index in [1.54, 1.807) is 6.07 Å². The van der Waals surface area contributed by atoms with Gasteiger partial charge in [-0.2, -0.15) is 13.2 Å². The van der Waals surface area contributed by atoms with Crippen molar-refractivity contribution >= 4 is 10.5 Å². The summed E-state index contributed by atoms with van der Waals surface area (Å²) in [6, 6.07) is 5.28. The van der Waals surface area contributed by atoms with Gasteiger partial charge in [-0.05, 0) is 30.9 Å². The fourth-order valence-electron chi connectivity index (χ4n) is 1.87. The smallest absolute Gasteiger partial charge is 0.381 e.